The Hall–Kier alpha value is -1.14. The van der Waals surface area contributed by atoms with Crippen molar-refractivity contribution in [1.29, 1.82) is 0 Å². The molecule has 132 valence electrons. The lowest BCUT2D eigenvalue weighted by molar-refractivity contribution is -0.870. The molecule has 1 aromatic carbocycles. The number of hydrogen-bond donors (Lipinski definition) is 1. The van der Waals surface area contributed by atoms with Gasteiger partial charge in [0.1, 0.15) is 18.9 Å². The molecule has 0 bridgehead atoms. The van der Waals surface area contributed by atoms with Gasteiger partial charge in [-0.1, -0.05) is 12.1 Å². The zero-order valence-electron chi connectivity index (χ0n) is 15.1. The molecule has 0 spiro atoms. The van der Waals surface area contributed by atoms with E-state index in [9.17, 15) is 0 Å². The highest BCUT2D eigenvalue weighted by molar-refractivity contribution is 5.27. The summed E-state index contributed by atoms with van der Waals surface area (Å²) in [4.78, 5) is 0. The van der Waals surface area contributed by atoms with E-state index in [4.69, 9.17) is 19.9 Å². The van der Waals surface area contributed by atoms with Crippen molar-refractivity contribution >= 4 is 0 Å². The Bertz CT molecular complexity index is 413. The summed E-state index contributed by atoms with van der Waals surface area (Å²) in [7, 11) is 6.46. The molecule has 0 saturated carbocycles. The minimum absolute atomic E-state index is 0.180. The monoisotopic (exact) mass is 325 g/mol. The van der Waals surface area contributed by atoms with Crippen LogP contribution in [-0.2, 0) is 15.9 Å². The van der Waals surface area contributed by atoms with Crippen molar-refractivity contribution in [2.45, 2.75) is 19.4 Å². The number of likely N-dealkylation sites (N-methyl/N-ethyl adjacent to an activating group) is 1. The van der Waals surface area contributed by atoms with Gasteiger partial charge in [0.05, 0.1) is 47.6 Å². The molecule has 1 unspecified atom stereocenters. The molecule has 5 heteroatoms. The summed E-state index contributed by atoms with van der Waals surface area (Å²) in [6.45, 7) is 6.12. The zero-order chi connectivity index (χ0) is 17.1. The molecular weight excluding hydrogens is 292 g/mol. The van der Waals surface area contributed by atoms with Gasteiger partial charge < -0.3 is 24.4 Å². The Kier molecular flexibility index (Phi) is 9.17. The van der Waals surface area contributed by atoms with Crippen molar-refractivity contribution in [1.82, 2.24) is 0 Å². The van der Waals surface area contributed by atoms with E-state index in [1.54, 1.807) is 0 Å². The van der Waals surface area contributed by atoms with E-state index >= 15 is 0 Å². The minimum Gasteiger partial charge on any atom is -0.491 e. The number of ether oxygens (including phenoxy) is 3. The van der Waals surface area contributed by atoms with Crippen LogP contribution in [-0.4, -0.2) is 71.2 Å². The zero-order valence-corrected chi connectivity index (χ0v) is 15.1. The summed E-state index contributed by atoms with van der Waals surface area (Å²) in [6.07, 6.45) is 0.886. The third kappa shape index (κ3) is 11.1. The van der Waals surface area contributed by atoms with E-state index in [2.05, 4.69) is 33.3 Å². The van der Waals surface area contributed by atoms with Crippen molar-refractivity contribution in [3.63, 3.8) is 0 Å². The Balaban J connectivity index is 2.00. The third-order valence-corrected chi connectivity index (χ3v) is 3.26. The second-order valence-electron chi connectivity index (χ2n) is 6.91. The second kappa shape index (κ2) is 10.6. The smallest absolute Gasteiger partial charge is 0.119 e. The predicted octanol–water partition coefficient (Wildman–Crippen LogP) is 1.69. The molecule has 23 heavy (non-hydrogen) atoms. The molecule has 1 rings (SSSR count). The van der Waals surface area contributed by atoms with Gasteiger partial charge in [0, 0.05) is 6.04 Å². The van der Waals surface area contributed by atoms with E-state index < -0.39 is 0 Å². The van der Waals surface area contributed by atoms with Crippen LogP contribution in [0.4, 0.5) is 0 Å². The van der Waals surface area contributed by atoms with Gasteiger partial charge in [0.25, 0.3) is 0 Å². The molecule has 5 nitrogen and oxygen atoms in total. The van der Waals surface area contributed by atoms with E-state index in [1.807, 2.05) is 19.1 Å². The van der Waals surface area contributed by atoms with Crippen LogP contribution in [0.3, 0.4) is 0 Å². The fraction of sp³-hybridized carbons (Fsp3) is 0.667. The predicted molar refractivity (Wildman–Crippen MR) is 93.8 cm³/mol. The summed E-state index contributed by atoms with van der Waals surface area (Å²) in [6, 6.07) is 8.25. The lowest BCUT2D eigenvalue weighted by Crippen LogP contribution is -2.37. The number of benzene rings is 1. The van der Waals surface area contributed by atoms with Crippen LogP contribution < -0.4 is 10.5 Å². The first-order chi connectivity index (χ1) is 10.9. The highest BCUT2D eigenvalue weighted by atomic mass is 16.5. The molecule has 0 aliphatic rings. The highest BCUT2D eigenvalue weighted by Gasteiger charge is 2.05. The van der Waals surface area contributed by atoms with E-state index in [0.29, 0.717) is 26.4 Å². The van der Waals surface area contributed by atoms with Crippen LogP contribution in [0, 0.1) is 0 Å². The average Bonchev–Trinajstić information content (AvgIpc) is 2.45. The first-order valence-corrected chi connectivity index (χ1v) is 8.30. The SMILES string of the molecule is CC(N)Cc1ccc(OCCOCCOCC[N+](C)(C)C)cc1. The van der Waals surface area contributed by atoms with E-state index in [1.165, 1.54) is 5.56 Å². The van der Waals surface area contributed by atoms with Crippen molar-refractivity contribution in [2.24, 2.45) is 5.73 Å². The lowest BCUT2D eigenvalue weighted by atomic mass is 10.1. The molecule has 0 aliphatic carbocycles. The van der Waals surface area contributed by atoms with Gasteiger partial charge >= 0.3 is 0 Å². The first kappa shape index (κ1) is 19.9. The van der Waals surface area contributed by atoms with Gasteiger partial charge in [-0.2, -0.15) is 0 Å². The van der Waals surface area contributed by atoms with Gasteiger partial charge in [0.15, 0.2) is 0 Å². The Morgan fingerprint density at radius 3 is 2.04 bits per heavy atom. The summed E-state index contributed by atoms with van der Waals surface area (Å²) in [5, 5.41) is 0. The van der Waals surface area contributed by atoms with Crippen molar-refractivity contribution < 1.29 is 18.7 Å². The summed E-state index contributed by atoms with van der Waals surface area (Å²) in [5.74, 6) is 0.862. The van der Waals surface area contributed by atoms with Crippen LogP contribution in [0.2, 0.25) is 0 Å². The molecule has 1 aromatic rings. The molecule has 0 heterocycles. The van der Waals surface area contributed by atoms with Crippen LogP contribution >= 0.6 is 0 Å². The molecule has 0 fully saturated rings. The maximum absolute atomic E-state index is 5.78. The van der Waals surface area contributed by atoms with Crippen molar-refractivity contribution in [2.75, 3.05) is 60.7 Å². The maximum Gasteiger partial charge on any atom is 0.119 e. The van der Waals surface area contributed by atoms with Gasteiger partial charge in [0.2, 0.25) is 0 Å². The summed E-state index contributed by atoms with van der Waals surface area (Å²) >= 11 is 0. The highest BCUT2D eigenvalue weighted by Crippen LogP contribution is 2.13. The quantitative estimate of drug-likeness (QED) is 0.469. The van der Waals surface area contributed by atoms with Gasteiger partial charge in [-0.15, -0.1) is 0 Å². The standard InChI is InChI=1S/C18H33N2O3/c1-16(19)15-17-5-7-18(8-6-17)23-14-13-22-12-11-21-10-9-20(2,3)4/h5-8,16H,9-15,19H2,1-4H3/q+1. The second-order valence-corrected chi connectivity index (χ2v) is 6.91. The first-order valence-electron chi connectivity index (χ1n) is 8.30. The summed E-state index contributed by atoms with van der Waals surface area (Å²) < 4.78 is 17.6. The third-order valence-electron chi connectivity index (χ3n) is 3.26. The van der Waals surface area contributed by atoms with Crippen LogP contribution in [0.15, 0.2) is 24.3 Å². The van der Waals surface area contributed by atoms with Gasteiger partial charge in [-0.05, 0) is 31.0 Å². The molecular formula is C18H33N2O3+. The molecule has 0 saturated heterocycles. The van der Waals surface area contributed by atoms with Crippen LogP contribution in [0.1, 0.15) is 12.5 Å². The van der Waals surface area contributed by atoms with Crippen LogP contribution in [0.5, 0.6) is 5.75 Å². The Morgan fingerprint density at radius 2 is 1.48 bits per heavy atom. The minimum atomic E-state index is 0.180. The van der Waals surface area contributed by atoms with Gasteiger partial charge in [-0.25, -0.2) is 0 Å². The number of nitrogens with zero attached hydrogens (tertiary/aromatic N) is 1. The molecule has 0 aliphatic heterocycles. The Labute approximate surface area is 140 Å². The molecule has 0 aromatic heterocycles. The molecule has 1 atom stereocenters. The lowest BCUT2D eigenvalue weighted by Gasteiger charge is -2.23. The normalized spacial score (nSPS) is 13.1. The number of hydrogen-bond acceptors (Lipinski definition) is 4. The number of rotatable bonds is 12. The summed E-state index contributed by atoms with van der Waals surface area (Å²) in [5.41, 5.74) is 7.01. The average molecular weight is 325 g/mol. The van der Waals surface area contributed by atoms with E-state index in [0.717, 1.165) is 29.8 Å². The largest absolute Gasteiger partial charge is 0.491 e. The van der Waals surface area contributed by atoms with Crippen molar-refractivity contribution in [3.05, 3.63) is 29.8 Å². The molecule has 0 radical (unpaired) electrons. The topological polar surface area (TPSA) is 53.7 Å². The number of nitrogens with two attached hydrogens (primary N) is 1. The maximum atomic E-state index is 5.78. The Morgan fingerprint density at radius 1 is 0.913 bits per heavy atom. The number of quaternary nitrogens is 1. The fourth-order valence-electron chi connectivity index (χ4n) is 1.97. The van der Waals surface area contributed by atoms with Gasteiger partial charge in [-0.3, -0.25) is 0 Å². The molecule has 2 N–H and O–H groups in total. The fourth-order valence-corrected chi connectivity index (χ4v) is 1.97. The molecule has 0 amide bonds. The van der Waals surface area contributed by atoms with Crippen molar-refractivity contribution in [3.8, 4) is 5.75 Å². The van der Waals surface area contributed by atoms with Crippen LogP contribution in [0.25, 0.3) is 0 Å². The van der Waals surface area contributed by atoms with E-state index in [-0.39, 0.29) is 6.04 Å².